The summed E-state index contributed by atoms with van der Waals surface area (Å²) in [4.78, 5) is 27.5. The summed E-state index contributed by atoms with van der Waals surface area (Å²) in [5.41, 5.74) is 6.80. The summed E-state index contributed by atoms with van der Waals surface area (Å²) < 4.78 is 23.4. The summed E-state index contributed by atoms with van der Waals surface area (Å²) in [7, 11) is 0. The Bertz CT molecular complexity index is 956. The SMILES string of the molecule is NC(=O)c1ccccc1OCC(=O)OCc1csc(-c2ccc(F)cc2)n1. The van der Waals surface area contributed by atoms with E-state index >= 15 is 0 Å². The molecule has 0 saturated carbocycles. The van der Waals surface area contributed by atoms with Crippen molar-refractivity contribution in [1.29, 1.82) is 0 Å². The Morgan fingerprint density at radius 2 is 1.85 bits per heavy atom. The van der Waals surface area contributed by atoms with E-state index in [0.717, 1.165) is 5.56 Å². The van der Waals surface area contributed by atoms with Crippen molar-refractivity contribution in [3.63, 3.8) is 0 Å². The van der Waals surface area contributed by atoms with Gasteiger partial charge in [0.05, 0.1) is 11.3 Å². The molecule has 27 heavy (non-hydrogen) atoms. The van der Waals surface area contributed by atoms with Crippen LogP contribution in [0, 0.1) is 5.82 Å². The van der Waals surface area contributed by atoms with Gasteiger partial charge in [0.15, 0.2) is 6.61 Å². The van der Waals surface area contributed by atoms with Gasteiger partial charge in [0.25, 0.3) is 5.91 Å². The van der Waals surface area contributed by atoms with E-state index in [2.05, 4.69) is 4.98 Å². The Kier molecular flexibility index (Phi) is 5.77. The van der Waals surface area contributed by atoms with Crippen molar-refractivity contribution in [3.05, 3.63) is 71.0 Å². The van der Waals surface area contributed by atoms with Gasteiger partial charge in [0.2, 0.25) is 0 Å². The van der Waals surface area contributed by atoms with Crippen LogP contribution in [0.15, 0.2) is 53.9 Å². The van der Waals surface area contributed by atoms with Gasteiger partial charge in [-0.15, -0.1) is 11.3 Å². The van der Waals surface area contributed by atoms with Gasteiger partial charge in [-0.25, -0.2) is 14.2 Å². The number of aromatic nitrogens is 1. The number of para-hydroxylation sites is 1. The standard InChI is InChI=1S/C19H15FN2O4S/c20-13-7-5-12(6-8-13)19-22-14(11-27-19)9-26-17(23)10-25-16-4-2-1-3-15(16)18(21)24/h1-8,11H,9-10H2,(H2,21,24). The van der Waals surface area contributed by atoms with Crippen molar-refractivity contribution < 1.29 is 23.5 Å². The molecule has 3 aromatic rings. The number of hydrogen-bond donors (Lipinski definition) is 1. The lowest BCUT2D eigenvalue weighted by molar-refractivity contribution is -0.147. The lowest BCUT2D eigenvalue weighted by Crippen LogP contribution is -2.18. The molecule has 0 fully saturated rings. The Morgan fingerprint density at radius 3 is 2.59 bits per heavy atom. The van der Waals surface area contributed by atoms with Gasteiger partial charge in [-0.2, -0.15) is 0 Å². The monoisotopic (exact) mass is 386 g/mol. The van der Waals surface area contributed by atoms with E-state index in [9.17, 15) is 14.0 Å². The molecule has 0 spiro atoms. The van der Waals surface area contributed by atoms with Crippen molar-refractivity contribution in [2.75, 3.05) is 6.61 Å². The molecule has 2 N–H and O–H groups in total. The highest BCUT2D eigenvalue weighted by Gasteiger charge is 2.12. The summed E-state index contributed by atoms with van der Waals surface area (Å²) in [6.07, 6.45) is 0. The lowest BCUT2D eigenvalue weighted by atomic mass is 10.2. The summed E-state index contributed by atoms with van der Waals surface area (Å²) in [5.74, 6) is -1.35. The highest BCUT2D eigenvalue weighted by Crippen LogP contribution is 2.24. The molecule has 2 aromatic carbocycles. The fourth-order valence-electron chi connectivity index (χ4n) is 2.23. The maximum atomic E-state index is 13.0. The zero-order chi connectivity index (χ0) is 19.2. The molecular weight excluding hydrogens is 371 g/mol. The first-order valence-corrected chi connectivity index (χ1v) is 8.78. The van der Waals surface area contributed by atoms with E-state index in [0.29, 0.717) is 10.7 Å². The average molecular weight is 386 g/mol. The minimum absolute atomic E-state index is 0.0165. The molecule has 138 valence electrons. The second-order valence-corrected chi connectivity index (χ2v) is 6.32. The van der Waals surface area contributed by atoms with Crippen LogP contribution < -0.4 is 10.5 Å². The van der Waals surface area contributed by atoms with Crippen LogP contribution in [-0.4, -0.2) is 23.5 Å². The van der Waals surface area contributed by atoms with Crippen molar-refractivity contribution >= 4 is 23.2 Å². The van der Waals surface area contributed by atoms with Gasteiger partial charge in [-0.05, 0) is 36.4 Å². The minimum atomic E-state index is -0.644. The molecule has 0 saturated heterocycles. The fourth-order valence-corrected chi connectivity index (χ4v) is 3.04. The number of nitrogens with zero attached hydrogens (tertiary/aromatic N) is 1. The molecule has 0 aliphatic rings. The maximum absolute atomic E-state index is 13.0. The van der Waals surface area contributed by atoms with Crippen molar-refractivity contribution in [3.8, 4) is 16.3 Å². The number of ether oxygens (including phenoxy) is 2. The normalized spacial score (nSPS) is 10.4. The zero-order valence-corrected chi connectivity index (χ0v) is 14.9. The number of rotatable bonds is 7. The summed E-state index contributed by atoms with van der Waals surface area (Å²) >= 11 is 1.37. The van der Waals surface area contributed by atoms with Gasteiger partial charge in [-0.1, -0.05) is 12.1 Å². The highest BCUT2D eigenvalue weighted by molar-refractivity contribution is 7.13. The Labute approximate surface area is 158 Å². The molecule has 0 aliphatic carbocycles. The van der Waals surface area contributed by atoms with Gasteiger partial charge >= 0.3 is 5.97 Å². The second-order valence-electron chi connectivity index (χ2n) is 5.46. The van der Waals surface area contributed by atoms with Crippen molar-refractivity contribution in [1.82, 2.24) is 4.98 Å². The number of benzene rings is 2. The van der Waals surface area contributed by atoms with Crippen LogP contribution in [0.3, 0.4) is 0 Å². The topological polar surface area (TPSA) is 91.5 Å². The molecule has 0 atom stereocenters. The van der Waals surface area contributed by atoms with E-state index in [4.69, 9.17) is 15.2 Å². The molecule has 3 rings (SSSR count). The minimum Gasteiger partial charge on any atom is -0.481 e. The van der Waals surface area contributed by atoms with Gasteiger partial charge in [0, 0.05) is 10.9 Å². The number of hydrogen-bond acceptors (Lipinski definition) is 6. The Hall–Kier alpha value is -3.26. The maximum Gasteiger partial charge on any atom is 0.344 e. The number of nitrogens with two attached hydrogens (primary N) is 1. The number of carbonyl (C=O) groups is 2. The van der Waals surface area contributed by atoms with E-state index in [1.807, 2.05) is 0 Å². The van der Waals surface area contributed by atoms with Crippen molar-refractivity contribution in [2.24, 2.45) is 5.73 Å². The van der Waals surface area contributed by atoms with Crippen LogP contribution in [0.25, 0.3) is 10.6 Å². The number of esters is 1. The summed E-state index contributed by atoms with van der Waals surface area (Å²) in [5, 5.41) is 2.46. The molecular formula is C19H15FN2O4S. The third kappa shape index (κ3) is 4.89. The van der Waals surface area contributed by atoms with E-state index < -0.39 is 11.9 Å². The van der Waals surface area contributed by atoms with E-state index in [1.165, 1.54) is 29.5 Å². The quantitative estimate of drug-likeness (QED) is 0.630. The van der Waals surface area contributed by atoms with E-state index in [-0.39, 0.29) is 30.3 Å². The van der Waals surface area contributed by atoms with Crippen LogP contribution in [0.5, 0.6) is 5.75 Å². The number of amides is 1. The second kappa shape index (κ2) is 8.41. The highest BCUT2D eigenvalue weighted by atomic mass is 32.1. The van der Waals surface area contributed by atoms with Crippen LogP contribution in [-0.2, 0) is 16.1 Å². The fraction of sp³-hybridized carbons (Fsp3) is 0.105. The van der Waals surface area contributed by atoms with E-state index in [1.54, 1.807) is 35.7 Å². The van der Waals surface area contributed by atoms with Crippen LogP contribution in [0.2, 0.25) is 0 Å². The largest absolute Gasteiger partial charge is 0.481 e. The third-order valence-corrected chi connectivity index (χ3v) is 4.46. The third-order valence-electron chi connectivity index (χ3n) is 3.52. The average Bonchev–Trinajstić information content (AvgIpc) is 3.14. The van der Waals surface area contributed by atoms with Gasteiger partial charge in [-0.3, -0.25) is 4.79 Å². The lowest BCUT2D eigenvalue weighted by Gasteiger charge is -2.08. The first kappa shape index (κ1) is 18.5. The number of carbonyl (C=O) groups excluding carboxylic acids is 2. The number of primary amides is 1. The van der Waals surface area contributed by atoms with Crippen molar-refractivity contribution in [2.45, 2.75) is 6.61 Å². The Balaban J connectivity index is 1.53. The van der Waals surface area contributed by atoms with Crippen LogP contribution >= 0.6 is 11.3 Å². The molecule has 6 nitrogen and oxygen atoms in total. The van der Waals surface area contributed by atoms with Crippen LogP contribution in [0.1, 0.15) is 16.1 Å². The summed E-state index contributed by atoms with van der Waals surface area (Å²) in [6.45, 7) is -0.378. The zero-order valence-electron chi connectivity index (χ0n) is 14.1. The molecule has 0 aliphatic heterocycles. The molecule has 0 radical (unpaired) electrons. The molecule has 1 heterocycles. The van der Waals surface area contributed by atoms with Crippen LogP contribution in [0.4, 0.5) is 4.39 Å². The molecule has 1 aromatic heterocycles. The molecule has 0 unspecified atom stereocenters. The predicted molar refractivity (Wildman–Crippen MR) is 97.8 cm³/mol. The first-order chi connectivity index (χ1) is 13.0. The number of thiazole rings is 1. The number of halogens is 1. The molecule has 1 amide bonds. The van der Waals surface area contributed by atoms with Gasteiger partial charge < -0.3 is 15.2 Å². The molecule has 8 heteroatoms. The first-order valence-electron chi connectivity index (χ1n) is 7.90. The Morgan fingerprint density at radius 1 is 1.11 bits per heavy atom. The predicted octanol–water partition coefficient (Wildman–Crippen LogP) is 3.17. The smallest absolute Gasteiger partial charge is 0.344 e. The van der Waals surface area contributed by atoms with Gasteiger partial charge in [0.1, 0.15) is 23.2 Å². The summed E-state index contributed by atoms with van der Waals surface area (Å²) in [6, 6.07) is 12.3. The molecule has 0 bridgehead atoms.